The second-order valence-electron chi connectivity index (χ2n) is 5.80. The van der Waals surface area contributed by atoms with E-state index in [9.17, 15) is 0 Å². The number of hydrogen-bond acceptors (Lipinski definition) is 2. The predicted molar refractivity (Wildman–Crippen MR) is 66.9 cm³/mol. The maximum Gasteiger partial charge on any atom is 0.0303 e. The molecule has 3 unspecified atom stereocenters. The molecule has 1 aliphatic heterocycles. The molecule has 2 nitrogen and oxygen atoms in total. The fourth-order valence-electron chi connectivity index (χ4n) is 3.03. The van der Waals surface area contributed by atoms with E-state index >= 15 is 0 Å². The Labute approximate surface area is 95.2 Å². The van der Waals surface area contributed by atoms with Gasteiger partial charge in [0.2, 0.25) is 0 Å². The third-order valence-corrected chi connectivity index (χ3v) is 3.86. The Morgan fingerprint density at radius 2 is 1.80 bits per heavy atom. The van der Waals surface area contributed by atoms with Gasteiger partial charge < -0.3 is 5.73 Å². The lowest BCUT2D eigenvalue weighted by Crippen LogP contribution is -2.56. The van der Waals surface area contributed by atoms with Gasteiger partial charge in [0.15, 0.2) is 0 Å². The zero-order valence-corrected chi connectivity index (χ0v) is 10.9. The molecule has 1 fully saturated rings. The Balaban J connectivity index is 2.66. The Hall–Kier alpha value is -0.0800. The van der Waals surface area contributed by atoms with Crippen molar-refractivity contribution in [1.82, 2.24) is 4.90 Å². The Morgan fingerprint density at radius 1 is 1.27 bits per heavy atom. The number of hydrogen-bond donors (Lipinski definition) is 1. The topological polar surface area (TPSA) is 29.3 Å². The van der Waals surface area contributed by atoms with E-state index in [0.717, 1.165) is 18.4 Å². The minimum absolute atomic E-state index is 0.234. The minimum atomic E-state index is 0.234. The third-order valence-electron chi connectivity index (χ3n) is 3.86. The molecule has 1 saturated heterocycles. The van der Waals surface area contributed by atoms with Crippen molar-refractivity contribution in [3.63, 3.8) is 0 Å². The molecule has 2 heteroatoms. The normalized spacial score (nSPS) is 32.6. The minimum Gasteiger partial charge on any atom is -0.329 e. The fourth-order valence-corrected chi connectivity index (χ4v) is 3.03. The van der Waals surface area contributed by atoms with E-state index in [1.165, 1.54) is 32.4 Å². The highest BCUT2D eigenvalue weighted by Crippen LogP contribution is 2.29. The molecule has 1 heterocycles. The van der Waals surface area contributed by atoms with Gasteiger partial charge in [-0.3, -0.25) is 4.90 Å². The molecule has 0 aromatic carbocycles. The zero-order chi connectivity index (χ0) is 11.5. The maximum atomic E-state index is 5.97. The van der Waals surface area contributed by atoms with Gasteiger partial charge in [0.05, 0.1) is 0 Å². The number of rotatable bonds is 4. The average Bonchev–Trinajstić information content (AvgIpc) is 2.16. The van der Waals surface area contributed by atoms with Crippen LogP contribution in [-0.2, 0) is 0 Å². The van der Waals surface area contributed by atoms with Crippen LogP contribution in [-0.4, -0.2) is 30.1 Å². The molecule has 0 aromatic heterocycles. The van der Waals surface area contributed by atoms with E-state index < -0.39 is 0 Å². The molecule has 0 saturated carbocycles. The highest BCUT2D eigenvalue weighted by atomic mass is 15.2. The molecule has 1 aliphatic rings. The van der Waals surface area contributed by atoms with Crippen LogP contribution in [0, 0.1) is 11.8 Å². The molecule has 0 amide bonds. The lowest BCUT2D eigenvalue weighted by Gasteiger charge is -2.46. The molecule has 1 rings (SSSR count). The van der Waals surface area contributed by atoms with Crippen LogP contribution in [0.4, 0.5) is 0 Å². The van der Waals surface area contributed by atoms with Crippen LogP contribution < -0.4 is 5.73 Å². The molecule has 0 radical (unpaired) electrons. The second-order valence-corrected chi connectivity index (χ2v) is 5.80. The van der Waals surface area contributed by atoms with E-state index in [-0.39, 0.29) is 5.54 Å². The van der Waals surface area contributed by atoms with Gasteiger partial charge in [-0.05, 0) is 31.6 Å². The molecule has 0 bridgehead atoms. The summed E-state index contributed by atoms with van der Waals surface area (Å²) in [5.41, 5.74) is 6.21. The molecule has 3 atom stereocenters. The van der Waals surface area contributed by atoms with Gasteiger partial charge in [-0.2, -0.15) is 0 Å². The highest BCUT2D eigenvalue weighted by molar-refractivity contribution is 4.90. The summed E-state index contributed by atoms with van der Waals surface area (Å²) in [4.78, 5) is 2.63. The molecule has 15 heavy (non-hydrogen) atoms. The van der Waals surface area contributed by atoms with Crippen LogP contribution in [0.1, 0.15) is 47.0 Å². The zero-order valence-electron chi connectivity index (χ0n) is 10.9. The first-order chi connectivity index (χ1) is 7.01. The van der Waals surface area contributed by atoms with Crippen LogP contribution in [0.3, 0.4) is 0 Å². The SMILES string of the molecule is CCCC(C)(CN)N1CC(C)CC(C)C1. The van der Waals surface area contributed by atoms with Crippen LogP contribution in [0.15, 0.2) is 0 Å². The van der Waals surface area contributed by atoms with Gasteiger partial charge in [0.1, 0.15) is 0 Å². The summed E-state index contributed by atoms with van der Waals surface area (Å²) in [6.07, 6.45) is 3.83. The van der Waals surface area contributed by atoms with Crippen LogP contribution in [0.5, 0.6) is 0 Å². The van der Waals surface area contributed by atoms with Crippen molar-refractivity contribution in [2.45, 2.75) is 52.5 Å². The van der Waals surface area contributed by atoms with Crippen molar-refractivity contribution < 1.29 is 0 Å². The lowest BCUT2D eigenvalue weighted by atomic mass is 9.85. The first-order valence-electron chi connectivity index (χ1n) is 6.47. The molecule has 0 aliphatic carbocycles. The van der Waals surface area contributed by atoms with Crippen molar-refractivity contribution in [2.24, 2.45) is 17.6 Å². The second kappa shape index (κ2) is 5.31. The number of nitrogens with zero attached hydrogens (tertiary/aromatic N) is 1. The maximum absolute atomic E-state index is 5.97. The molecule has 2 N–H and O–H groups in total. The van der Waals surface area contributed by atoms with E-state index in [0.29, 0.717) is 0 Å². The van der Waals surface area contributed by atoms with Gasteiger partial charge in [-0.25, -0.2) is 0 Å². The smallest absolute Gasteiger partial charge is 0.0303 e. The summed E-state index contributed by atoms with van der Waals surface area (Å²) in [6, 6.07) is 0. The quantitative estimate of drug-likeness (QED) is 0.776. The van der Waals surface area contributed by atoms with Crippen LogP contribution >= 0.6 is 0 Å². The highest BCUT2D eigenvalue weighted by Gasteiger charge is 2.34. The number of nitrogens with two attached hydrogens (primary N) is 1. The molecule has 0 aromatic rings. The van der Waals surface area contributed by atoms with Gasteiger partial charge in [-0.15, -0.1) is 0 Å². The van der Waals surface area contributed by atoms with Crippen LogP contribution in [0.25, 0.3) is 0 Å². The van der Waals surface area contributed by atoms with Gasteiger partial charge in [0.25, 0.3) is 0 Å². The summed E-state index contributed by atoms with van der Waals surface area (Å²) >= 11 is 0. The fraction of sp³-hybridized carbons (Fsp3) is 1.00. The Bertz CT molecular complexity index is 183. The molecule has 0 spiro atoms. The van der Waals surface area contributed by atoms with E-state index in [1.54, 1.807) is 0 Å². The van der Waals surface area contributed by atoms with Crippen molar-refractivity contribution in [2.75, 3.05) is 19.6 Å². The van der Waals surface area contributed by atoms with Gasteiger partial charge in [-0.1, -0.05) is 27.2 Å². The summed E-state index contributed by atoms with van der Waals surface area (Å²) < 4.78 is 0. The summed E-state index contributed by atoms with van der Waals surface area (Å²) in [5, 5.41) is 0. The van der Waals surface area contributed by atoms with Gasteiger partial charge in [0, 0.05) is 25.2 Å². The molecular weight excluding hydrogens is 184 g/mol. The van der Waals surface area contributed by atoms with E-state index in [1.807, 2.05) is 0 Å². The van der Waals surface area contributed by atoms with Gasteiger partial charge >= 0.3 is 0 Å². The monoisotopic (exact) mass is 212 g/mol. The van der Waals surface area contributed by atoms with Crippen molar-refractivity contribution in [3.8, 4) is 0 Å². The number of piperidine rings is 1. The summed E-state index contributed by atoms with van der Waals surface area (Å²) in [6.45, 7) is 12.6. The third kappa shape index (κ3) is 3.18. The Morgan fingerprint density at radius 3 is 2.20 bits per heavy atom. The average molecular weight is 212 g/mol. The summed E-state index contributed by atoms with van der Waals surface area (Å²) in [5.74, 6) is 1.66. The summed E-state index contributed by atoms with van der Waals surface area (Å²) in [7, 11) is 0. The first-order valence-corrected chi connectivity index (χ1v) is 6.47. The standard InChI is InChI=1S/C13H28N2/c1-5-6-13(4,10-14)15-8-11(2)7-12(3)9-15/h11-12H,5-10,14H2,1-4H3. The number of likely N-dealkylation sites (tertiary alicyclic amines) is 1. The first kappa shape index (κ1) is 13.0. The predicted octanol–water partition coefficient (Wildman–Crippen LogP) is 2.48. The van der Waals surface area contributed by atoms with Crippen molar-refractivity contribution in [3.05, 3.63) is 0 Å². The van der Waals surface area contributed by atoms with Crippen LogP contribution in [0.2, 0.25) is 0 Å². The van der Waals surface area contributed by atoms with Crippen molar-refractivity contribution in [1.29, 1.82) is 0 Å². The van der Waals surface area contributed by atoms with Crippen molar-refractivity contribution >= 4 is 0 Å². The Kier molecular flexibility index (Phi) is 4.60. The largest absolute Gasteiger partial charge is 0.329 e. The van der Waals surface area contributed by atoms with E-state index in [2.05, 4.69) is 32.6 Å². The van der Waals surface area contributed by atoms with E-state index in [4.69, 9.17) is 5.73 Å². The molecular formula is C13H28N2. The lowest BCUT2D eigenvalue weighted by molar-refractivity contribution is 0.0340. The molecule has 90 valence electrons.